The molecule has 2 aromatic rings. The van der Waals surface area contributed by atoms with Gasteiger partial charge in [0, 0.05) is 12.3 Å². The second kappa shape index (κ2) is 5.96. The smallest absolute Gasteiger partial charge is 0.240 e. The van der Waals surface area contributed by atoms with Crippen molar-refractivity contribution in [3.8, 4) is 0 Å². The number of imidazole rings is 1. The van der Waals surface area contributed by atoms with Crippen LogP contribution in [0, 0.1) is 5.92 Å². The molecule has 0 saturated heterocycles. The molecule has 23 heavy (non-hydrogen) atoms. The molecule has 6 nitrogen and oxygen atoms in total. The topological polar surface area (TPSA) is 81.1 Å². The Bertz CT molecular complexity index is 837. The van der Waals surface area contributed by atoms with E-state index in [-0.39, 0.29) is 24.2 Å². The quantitative estimate of drug-likeness (QED) is 0.867. The highest BCUT2D eigenvalue weighted by atomic mass is 32.2. The van der Waals surface area contributed by atoms with Gasteiger partial charge in [0.15, 0.2) is 9.84 Å². The zero-order valence-electron chi connectivity index (χ0n) is 13.3. The zero-order valence-corrected chi connectivity index (χ0v) is 14.1. The fraction of sp³-hybridized carbons (Fsp3) is 0.500. The first kappa shape index (κ1) is 16.0. The van der Waals surface area contributed by atoms with Crippen LogP contribution in [-0.4, -0.2) is 36.2 Å². The number of aromatic nitrogens is 2. The summed E-state index contributed by atoms with van der Waals surface area (Å²) < 4.78 is 25.0. The number of carbonyl (C=O) groups excluding carboxylic acids is 1. The summed E-state index contributed by atoms with van der Waals surface area (Å²) in [6.07, 6.45) is 3.50. The molecule has 1 aliphatic carbocycles. The minimum absolute atomic E-state index is 0.0857. The van der Waals surface area contributed by atoms with Gasteiger partial charge in [-0.2, -0.15) is 0 Å². The summed E-state index contributed by atoms with van der Waals surface area (Å²) in [5, 5.41) is 3.00. The highest BCUT2D eigenvalue weighted by Crippen LogP contribution is 2.32. The van der Waals surface area contributed by atoms with E-state index in [1.54, 1.807) is 4.57 Å². The second-order valence-corrected chi connectivity index (χ2v) is 8.51. The fourth-order valence-electron chi connectivity index (χ4n) is 2.80. The van der Waals surface area contributed by atoms with Gasteiger partial charge in [-0.25, -0.2) is 13.4 Å². The number of rotatable bonds is 6. The molecule has 1 aromatic heterocycles. The maximum absolute atomic E-state index is 12.3. The molecule has 0 unspecified atom stereocenters. The number of benzene rings is 1. The minimum atomic E-state index is -3.22. The van der Waals surface area contributed by atoms with Gasteiger partial charge in [0.1, 0.15) is 18.1 Å². The molecule has 1 fully saturated rings. The van der Waals surface area contributed by atoms with Crippen molar-refractivity contribution in [3.63, 3.8) is 0 Å². The Kier molecular flexibility index (Phi) is 4.14. The lowest BCUT2D eigenvalue weighted by atomic mass is 10.2. The Labute approximate surface area is 135 Å². The van der Waals surface area contributed by atoms with Crippen LogP contribution in [0.2, 0.25) is 0 Å². The molecule has 0 spiro atoms. The second-order valence-electron chi connectivity index (χ2n) is 6.37. The number of fused-ring (bicyclic) bond motifs is 1. The van der Waals surface area contributed by atoms with Crippen molar-refractivity contribution in [1.29, 1.82) is 0 Å². The van der Waals surface area contributed by atoms with Crippen LogP contribution in [0.5, 0.6) is 0 Å². The van der Waals surface area contributed by atoms with E-state index < -0.39 is 9.84 Å². The molecule has 1 heterocycles. The number of amides is 1. The van der Waals surface area contributed by atoms with E-state index in [1.807, 2.05) is 31.2 Å². The molecule has 1 aromatic carbocycles. The average Bonchev–Trinajstić information content (AvgIpc) is 3.24. The van der Waals surface area contributed by atoms with Crippen LogP contribution < -0.4 is 5.32 Å². The van der Waals surface area contributed by atoms with Crippen LogP contribution >= 0.6 is 0 Å². The van der Waals surface area contributed by atoms with E-state index in [2.05, 4.69) is 10.3 Å². The molecule has 1 atom stereocenters. The highest BCUT2D eigenvalue weighted by molar-refractivity contribution is 7.89. The largest absolute Gasteiger partial charge is 0.352 e. The maximum Gasteiger partial charge on any atom is 0.240 e. The van der Waals surface area contributed by atoms with Crippen LogP contribution in [0.15, 0.2) is 24.3 Å². The van der Waals surface area contributed by atoms with E-state index in [0.29, 0.717) is 17.3 Å². The zero-order chi connectivity index (χ0) is 16.6. The number of hydrogen-bond donors (Lipinski definition) is 1. The number of hydrogen-bond acceptors (Lipinski definition) is 4. The predicted molar refractivity (Wildman–Crippen MR) is 88.6 cm³/mol. The molecule has 0 aliphatic heterocycles. The van der Waals surface area contributed by atoms with Gasteiger partial charge < -0.3 is 9.88 Å². The minimum Gasteiger partial charge on any atom is -0.352 e. The van der Waals surface area contributed by atoms with Crippen molar-refractivity contribution >= 4 is 26.8 Å². The van der Waals surface area contributed by atoms with Gasteiger partial charge in [-0.3, -0.25) is 4.79 Å². The first-order valence-corrected chi connectivity index (χ1v) is 9.81. The molecule has 7 heteroatoms. The number of nitrogens with one attached hydrogen (secondary N) is 1. The lowest BCUT2D eigenvalue weighted by molar-refractivity contribution is -0.122. The van der Waals surface area contributed by atoms with E-state index in [1.165, 1.54) is 6.26 Å². The Hall–Kier alpha value is -1.89. The molecule has 0 radical (unpaired) electrons. The number of carbonyl (C=O) groups is 1. The monoisotopic (exact) mass is 335 g/mol. The maximum atomic E-state index is 12.3. The summed E-state index contributed by atoms with van der Waals surface area (Å²) in [7, 11) is -3.22. The van der Waals surface area contributed by atoms with Crippen LogP contribution in [0.1, 0.15) is 25.6 Å². The summed E-state index contributed by atoms with van der Waals surface area (Å²) in [6, 6.07) is 7.54. The Morgan fingerprint density at radius 3 is 2.74 bits per heavy atom. The van der Waals surface area contributed by atoms with Crippen LogP contribution in [0.3, 0.4) is 0 Å². The van der Waals surface area contributed by atoms with Crippen molar-refractivity contribution in [2.45, 2.75) is 38.1 Å². The Morgan fingerprint density at radius 1 is 1.39 bits per heavy atom. The summed E-state index contributed by atoms with van der Waals surface area (Å²) in [6.45, 7) is 2.10. The van der Waals surface area contributed by atoms with Gasteiger partial charge in [-0.05, 0) is 37.8 Å². The standard InChI is InChI=1S/C16H21N3O3S/c1-11(12-7-8-12)17-16(20)9-19-14-6-4-3-5-13(14)18-15(19)10-23(2,21)22/h3-6,11-12H,7-10H2,1-2H3,(H,17,20)/t11-/m1/s1. The van der Waals surface area contributed by atoms with E-state index in [0.717, 1.165) is 18.4 Å². The van der Waals surface area contributed by atoms with Gasteiger partial charge in [0.25, 0.3) is 0 Å². The van der Waals surface area contributed by atoms with E-state index >= 15 is 0 Å². The number of para-hydroxylation sites is 2. The summed E-state index contributed by atoms with van der Waals surface area (Å²) in [5.41, 5.74) is 1.48. The molecule has 3 rings (SSSR count). The third-order valence-corrected chi connectivity index (χ3v) is 4.93. The third kappa shape index (κ3) is 3.90. The third-order valence-electron chi connectivity index (χ3n) is 4.14. The Balaban J connectivity index is 1.87. The molecule has 1 N–H and O–H groups in total. The van der Waals surface area contributed by atoms with Crippen molar-refractivity contribution in [3.05, 3.63) is 30.1 Å². The average molecular weight is 335 g/mol. The van der Waals surface area contributed by atoms with E-state index in [4.69, 9.17) is 0 Å². The Morgan fingerprint density at radius 2 is 2.09 bits per heavy atom. The first-order chi connectivity index (χ1) is 10.8. The fourth-order valence-corrected chi connectivity index (χ4v) is 3.49. The van der Waals surface area contributed by atoms with Crippen molar-refractivity contribution in [2.75, 3.05) is 6.26 Å². The summed E-state index contributed by atoms with van der Waals surface area (Å²) >= 11 is 0. The molecule has 0 bridgehead atoms. The van der Waals surface area contributed by atoms with Gasteiger partial charge in [-0.1, -0.05) is 12.1 Å². The van der Waals surface area contributed by atoms with Crippen LogP contribution in [-0.2, 0) is 26.9 Å². The van der Waals surface area contributed by atoms with Gasteiger partial charge in [0.05, 0.1) is 11.0 Å². The van der Waals surface area contributed by atoms with E-state index in [9.17, 15) is 13.2 Å². The molecular formula is C16H21N3O3S. The molecule has 1 aliphatic rings. The number of sulfone groups is 1. The highest BCUT2D eigenvalue weighted by Gasteiger charge is 2.29. The van der Waals surface area contributed by atoms with Gasteiger partial charge in [0.2, 0.25) is 5.91 Å². The molecule has 124 valence electrons. The van der Waals surface area contributed by atoms with Crippen molar-refractivity contribution in [1.82, 2.24) is 14.9 Å². The predicted octanol–water partition coefficient (Wildman–Crippen LogP) is 1.50. The molecular weight excluding hydrogens is 314 g/mol. The molecule has 1 saturated carbocycles. The molecule has 1 amide bonds. The lowest BCUT2D eigenvalue weighted by Crippen LogP contribution is -2.36. The van der Waals surface area contributed by atoms with Crippen molar-refractivity contribution in [2.24, 2.45) is 5.92 Å². The van der Waals surface area contributed by atoms with Gasteiger partial charge >= 0.3 is 0 Å². The first-order valence-electron chi connectivity index (χ1n) is 7.75. The van der Waals surface area contributed by atoms with Crippen LogP contribution in [0.25, 0.3) is 11.0 Å². The summed E-state index contributed by atoms with van der Waals surface area (Å²) in [4.78, 5) is 16.7. The van der Waals surface area contributed by atoms with Gasteiger partial charge in [-0.15, -0.1) is 0 Å². The number of nitrogens with zero attached hydrogens (tertiary/aromatic N) is 2. The SMILES string of the molecule is C[C@@H](NC(=O)Cn1c(CS(C)(=O)=O)nc2ccccc21)C1CC1. The van der Waals surface area contributed by atoms with Crippen LogP contribution in [0.4, 0.5) is 0 Å². The normalized spacial score (nSPS) is 16.4. The lowest BCUT2D eigenvalue weighted by Gasteiger charge is -2.14. The van der Waals surface area contributed by atoms with Crippen molar-refractivity contribution < 1.29 is 13.2 Å². The summed E-state index contributed by atoms with van der Waals surface area (Å²) in [5.74, 6) is 0.701.